The van der Waals surface area contributed by atoms with Gasteiger partial charge in [-0.3, -0.25) is 4.90 Å². The molecule has 66 valence electrons. The van der Waals surface area contributed by atoms with Crippen molar-refractivity contribution in [2.75, 3.05) is 6.61 Å². The highest BCUT2D eigenvalue weighted by Crippen LogP contribution is 2.46. The van der Waals surface area contributed by atoms with Crippen LogP contribution in [0.25, 0.3) is 0 Å². The average molecular weight is 175 g/mol. The Morgan fingerprint density at radius 1 is 1.31 bits per heavy atom. The lowest BCUT2D eigenvalue weighted by molar-refractivity contribution is 0.155. The van der Waals surface area contributed by atoms with Crippen LogP contribution >= 0.6 is 0 Å². The van der Waals surface area contributed by atoms with Crippen molar-refractivity contribution in [1.82, 2.24) is 4.90 Å². The zero-order valence-electron chi connectivity index (χ0n) is 7.01. The molecule has 2 fully saturated rings. The zero-order valence-corrected chi connectivity index (χ0v) is 7.01. The van der Waals surface area contributed by atoms with Crippen LogP contribution in [0.15, 0.2) is 30.3 Å². The lowest BCUT2D eigenvalue weighted by atomic mass is 10.1. The van der Waals surface area contributed by atoms with Crippen molar-refractivity contribution in [1.29, 1.82) is 0 Å². The molecule has 1 aromatic carbocycles. The van der Waals surface area contributed by atoms with Crippen LogP contribution in [0.3, 0.4) is 0 Å². The van der Waals surface area contributed by atoms with Gasteiger partial charge in [-0.1, -0.05) is 30.3 Å². The van der Waals surface area contributed by atoms with Gasteiger partial charge in [0.2, 0.25) is 0 Å². The van der Waals surface area contributed by atoms with E-state index >= 15 is 0 Å². The van der Waals surface area contributed by atoms with Crippen LogP contribution in [0.4, 0.5) is 4.79 Å². The molecule has 0 unspecified atom stereocenters. The van der Waals surface area contributed by atoms with Crippen molar-refractivity contribution in [2.45, 2.75) is 12.1 Å². The summed E-state index contributed by atoms with van der Waals surface area (Å²) in [6.45, 7) is 0.554. The van der Waals surface area contributed by atoms with Gasteiger partial charge in [0.15, 0.2) is 0 Å². The number of hydrogen-bond acceptors (Lipinski definition) is 2. The van der Waals surface area contributed by atoms with Crippen molar-refractivity contribution < 1.29 is 9.53 Å². The molecule has 3 nitrogen and oxygen atoms in total. The maximum atomic E-state index is 11.1. The first kappa shape index (κ1) is 6.95. The van der Waals surface area contributed by atoms with E-state index in [1.165, 1.54) is 5.56 Å². The Bertz CT molecular complexity index is 349. The Balaban J connectivity index is 1.88. The molecule has 0 N–H and O–H groups in total. The van der Waals surface area contributed by atoms with Gasteiger partial charge in [0.1, 0.15) is 6.61 Å². The number of carbonyl (C=O) groups is 1. The first-order valence-electron chi connectivity index (χ1n) is 4.38. The fraction of sp³-hybridized carbons (Fsp3) is 0.300. The number of carbonyl (C=O) groups excluding carboxylic acids is 1. The topological polar surface area (TPSA) is 29.3 Å². The number of hydrogen-bond donors (Lipinski definition) is 0. The number of benzene rings is 1. The van der Waals surface area contributed by atoms with Gasteiger partial charge in [-0.15, -0.1) is 0 Å². The maximum Gasteiger partial charge on any atom is 0.410 e. The monoisotopic (exact) mass is 175 g/mol. The Kier molecular flexibility index (Phi) is 1.20. The van der Waals surface area contributed by atoms with Crippen LogP contribution in [-0.2, 0) is 4.74 Å². The van der Waals surface area contributed by atoms with Gasteiger partial charge in [-0.25, -0.2) is 4.79 Å². The third-order valence-corrected chi connectivity index (χ3v) is 2.66. The number of nitrogens with zero attached hydrogens (tertiary/aromatic N) is 1. The Morgan fingerprint density at radius 2 is 2.08 bits per heavy atom. The van der Waals surface area contributed by atoms with E-state index in [9.17, 15) is 4.79 Å². The molecule has 0 bridgehead atoms. The van der Waals surface area contributed by atoms with Gasteiger partial charge in [0, 0.05) is 0 Å². The third kappa shape index (κ3) is 0.869. The number of rotatable bonds is 1. The molecule has 0 aromatic heterocycles. The van der Waals surface area contributed by atoms with Crippen LogP contribution in [0.5, 0.6) is 0 Å². The molecule has 2 aliphatic heterocycles. The number of cyclic esters (lactones) is 1. The second-order valence-corrected chi connectivity index (χ2v) is 3.41. The largest absolute Gasteiger partial charge is 0.447 e. The lowest BCUT2D eigenvalue weighted by Gasteiger charge is -2.02. The van der Waals surface area contributed by atoms with Gasteiger partial charge in [-0.05, 0) is 5.56 Å². The van der Waals surface area contributed by atoms with E-state index in [2.05, 4.69) is 12.1 Å². The fourth-order valence-electron chi connectivity index (χ4n) is 1.96. The molecule has 0 radical (unpaired) electrons. The minimum absolute atomic E-state index is 0.168. The maximum absolute atomic E-state index is 11.1. The molecule has 2 saturated heterocycles. The summed E-state index contributed by atoms with van der Waals surface area (Å²) in [5.41, 5.74) is 1.21. The molecule has 0 saturated carbocycles. The molecule has 1 amide bonds. The van der Waals surface area contributed by atoms with Crippen LogP contribution in [-0.4, -0.2) is 23.6 Å². The summed E-state index contributed by atoms with van der Waals surface area (Å²) >= 11 is 0. The van der Waals surface area contributed by atoms with E-state index in [-0.39, 0.29) is 12.1 Å². The lowest BCUT2D eigenvalue weighted by Crippen LogP contribution is -2.07. The summed E-state index contributed by atoms with van der Waals surface area (Å²) < 4.78 is 4.85. The Labute approximate surface area is 75.9 Å². The van der Waals surface area contributed by atoms with Crippen LogP contribution in [0.2, 0.25) is 0 Å². The number of fused-ring (bicyclic) bond motifs is 1. The van der Waals surface area contributed by atoms with Crippen molar-refractivity contribution in [3.05, 3.63) is 35.9 Å². The van der Waals surface area contributed by atoms with E-state index in [0.29, 0.717) is 12.6 Å². The van der Waals surface area contributed by atoms with Crippen molar-refractivity contribution in [3.63, 3.8) is 0 Å². The quantitative estimate of drug-likeness (QED) is 0.606. The highest BCUT2D eigenvalue weighted by atomic mass is 16.6. The summed E-state index contributed by atoms with van der Waals surface area (Å²) in [5.74, 6) is 0. The van der Waals surface area contributed by atoms with Crippen LogP contribution in [0.1, 0.15) is 11.6 Å². The molecule has 2 heterocycles. The summed E-state index contributed by atoms with van der Waals surface area (Å²) in [4.78, 5) is 12.9. The van der Waals surface area contributed by atoms with E-state index in [1.807, 2.05) is 18.2 Å². The molecule has 3 heteroatoms. The predicted molar refractivity (Wildman–Crippen MR) is 46.2 cm³/mol. The van der Waals surface area contributed by atoms with Crippen molar-refractivity contribution >= 4 is 6.09 Å². The highest BCUT2D eigenvalue weighted by molar-refractivity contribution is 5.75. The minimum atomic E-state index is -0.168. The van der Waals surface area contributed by atoms with Crippen LogP contribution in [0, 0.1) is 0 Å². The second kappa shape index (κ2) is 2.25. The van der Waals surface area contributed by atoms with Crippen LogP contribution < -0.4 is 0 Å². The van der Waals surface area contributed by atoms with Gasteiger partial charge in [0.05, 0.1) is 12.1 Å². The van der Waals surface area contributed by atoms with Gasteiger partial charge in [0.25, 0.3) is 0 Å². The third-order valence-electron chi connectivity index (χ3n) is 2.66. The summed E-state index contributed by atoms with van der Waals surface area (Å²) in [5, 5.41) is 0. The molecular weight excluding hydrogens is 166 g/mol. The number of ether oxygens (including phenoxy) is 1. The first-order valence-corrected chi connectivity index (χ1v) is 4.38. The Hall–Kier alpha value is -1.51. The minimum Gasteiger partial charge on any atom is -0.447 e. The van der Waals surface area contributed by atoms with E-state index in [0.717, 1.165) is 0 Å². The Morgan fingerprint density at radius 3 is 2.69 bits per heavy atom. The second-order valence-electron chi connectivity index (χ2n) is 3.41. The summed E-state index contributed by atoms with van der Waals surface area (Å²) in [7, 11) is 0. The number of amides is 1. The van der Waals surface area contributed by atoms with Gasteiger partial charge in [-0.2, -0.15) is 0 Å². The standard InChI is InChI=1S/C10H9NO2/c12-10-11-8(6-13-10)9(11)7-4-2-1-3-5-7/h1-5,8-9H,6H2/t8-,9-,11?/m1/s1. The average Bonchev–Trinajstić information content (AvgIpc) is 2.80. The van der Waals surface area contributed by atoms with E-state index in [4.69, 9.17) is 4.74 Å². The zero-order chi connectivity index (χ0) is 8.84. The fourth-order valence-corrected chi connectivity index (χ4v) is 1.96. The van der Waals surface area contributed by atoms with E-state index < -0.39 is 0 Å². The van der Waals surface area contributed by atoms with E-state index in [1.54, 1.807) is 4.90 Å². The molecule has 0 spiro atoms. The normalized spacial score (nSPS) is 29.8. The predicted octanol–water partition coefficient (Wildman–Crippen LogP) is 1.56. The SMILES string of the molecule is O=C1OC[C@@H]2[C@@H](c3ccccc3)N12. The summed E-state index contributed by atoms with van der Waals surface area (Å²) in [6.07, 6.45) is -0.168. The van der Waals surface area contributed by atoms with Crippen molar-refractivity contribution in [2.24, 2.45) is 0 Å². The van der Waals surface area contributed by atoms with Gasteiger partial charge < -0.3 is 4.74 Å². The molecular formula is C10H9NO2. The summed E-state index contributed by atoms with van der Waals surface area (Å²) in [6, 6.07) is 10.7. The molecule has 0 aliphatic carbocycles. The molecule has 2 atom stereocenters. The van der Waals surface area contributed by atoms with Gasteiger partial charge >= 0.3 is 6.09 Å². The highest BCUT2D eigenvalue weighted by Gasteiger charge is 2.57. The molecule has 1 aromatic rings. The molecule has 3 rings (SSSR count). The van der Waals surface area contributed by atoms with Crippen molar-refractivity contribution in [3.8, 4) is 0 Å². The molecule has 2 aliphatic rings. The first-order chi connectivity index (χ1) is 6.38. The molecule has 13 heavy (non-hydrogen) atoms. The smallest absolute Gasteiger partial charge is 0.410 e.